The summed E-state index contributed by atoms with van der Waals surface area (Å²) in [7, 11) is 0. The van der Waals surface area contributed by atoms with Crippen LogP contribution in [0.15, 0.2) is 164 Å². The first-order valence-electron chi connectivity index (χ1n) is 19.5. The van der Waals surface area contributed by atoms with Gasteiger partial charge in [-0.1, -0.05) is 139 Å². The van der Waals surface area contributed by atoms with Gasteiger partial charge in [-0.25, -0.2) is 4.39 Å². The number of nitrogens with zero attached hydrogens (tertiary/aromatic N) is 2. The number of halogens is 1. The summed E-state index contributed by atoms with van der Waals surface area (Å²) in [6.45, 7) is 13.4. The molecule has 0 saturated heterocycles. The second kappa shape index (κ2) is 13.5. The minimum atomic E-state index is -0.300. The first kappa shape index (κ1) is 35.4. The van der Waals surface area contributed by atoms with E-state index in [-0.39, 0.29) is 16.6 Å². The third-order valence-electron chi connectivity index (χ3n) is 11.2. The highest BCUT2D eigenvalue weighted by Gasteiger charge is 2.19. The Kier molecular flexibility index (Phi) is 8.50. The fourth-order valence-corrected chi connectivity index (χ4v) is 8.14. The summed E-state index contributed by atoms with van der Waals surface area (Å²) >= 11 is 0. The van der Waals surface area contributed by atoms with E-state index in [1.165, 1.54) is 21.9 Å². The zero-order chi connectivity index (χ0) is 38.8. The average Bonchev–Trinajstić information content (AvgIpc) is 3.53. The molecule has 0 amide bonds. The molecule has 0 radical (unpaired) electrons. The van der Waals surface area contributed by atoms with E-state index in [0.717, 1.165) is 72.1 Å². The third kappa shape index (κ3) is 6.37. The van der Waals surface area contributed by atoms with Crippen molar-refractivity contribution < 1.29 is 4.39 Å². The summed E-state index contributed by atoms with van der Waals surface area (Å²) in [4.78, 5) is 4.91. The van der Waals surface area contributed by atoms with Crippen LogP contribution in [-0.2, 0) is 10.8 Å². The van der Waals surface area contributed by atoms with Crippen LogP contribution < -0.4 is 0 Å². The molecule has 3 heteroatoms. The molecule has 0 spiro atoms. The number of pyridine rings is 1. The maximum Gasteiger partial charge on any atom is 0.124 e. The van der Waals surface area contributed by atoms with Crippen LogP contribution in [0.1, 0.15) is 52.7 Å². The molecule has 9 aromatic rings. The molecule has 0 atom stereocenters. The average molecular weight is 729 g/mol. The van der Waals surface area contributed by atoms with Gasteiger partial charge in [0, 0.05) is 33.3 Å². The summed E-state index contributed by atoms with van der Waals surface area (Å²) in [5.74, 6) is -0.300. The zero-order valence-corrected chi connectivity index (χ0v) is 32.9. The molecule has 9 rings (SSSR count). The van der Waals surface area contributed by atoms with Crippen molar-refractivity contribution in [3.05, 3.63) is 181 Å². The number of para-hydroxylation sites is 2. The standard InChI is InChI=1S/C53H45FN2/c1-52(2,3)41-22-18-34(19-23-41)36-28-37(35-20-24-42(25-21-35)53(4,5)6)30-38(29-36)39-31-40(33-43(54)32-39)51-47-14-11-17-50(46(47)26-27-55-51)56-48-15-9-7-12-44(48)45-13-8-10-16-49(45)56/h7-33H,1-6H3. The van der Waals surface area contributed by atoms with Crippen LogP contribution >= 0.6 is 0 Å². The Morgan fingerprint density at radius 3 is 1.39 bits per heavy atom. The molecular weight excluding hydrogens is 684 g/mol. The van der Waals surface area contributed by atoms with E-state index in [9.17, 15) is 0 Å². The van der Waals surface area contributed by atoms with Crippen molar-refractivity contribution in [1.29, 1.82) is 0 Å². The molecule has 0 bridgehead atoms. The number of aromatic nitrogens is 2. The Bertz CT molecular complexity index is 2790. The second-order valence-electron chi connectivity index (χ2n) is 17.1. The summed E-state index contributed by atoms with van der Waals surface area (Å²) in [6.07, 6.45) is 1.85. The molecule has 0 saturated carbocycles. The van der Waals surface area contributed by atoms with E-state index in [1.54, 1.807) is 12.1 Å². The molecule has 0 aliphatic rings. The van der Waals surface area contributed by atoms with Gasteiger partial charge in [0.15, 0.2) is 0 Å². The molecule has 7 aromatic carbocycles. The number of hydrogen-bond acceptors (Lipinski definition) is 1. The maximum absolute atomic E-state index is 16.0. The molecule has 2 aromatic heterocycles. The Hall–Kier alpha value is -6.32. The lowest BCUT2D eigenvalue weighted by Crippen LogP contribution is -2.10. The second-order valence-corrected chi connectivity index (χ2v) is 17.1. The fourth-order valence-electron chi connectivity index (χ4n) is 8.14. The van der Waals surface area contributed by atoms with E-state index < -0.39 is 0 Å². The Balaban J connectivity index is 1.20. The van der Waals surface area contributed by atoms with Gasteiger partial charge in [-0.3, -0.25) is 4.98 Å². The highest BCUT2D eigenvalue weighted by atomic mass is 19.1. The van der Waals surface area contributed by atoms with Crippen molar-refractivity contribution in [1.82, 2.24) is 9.55 Å². The van der Waals surface area contributed by atoms with Crippen LogP contribution in [-0.4, -0.2) is 9.55 Å². The summed E-state index contributed by atoms with van der Waals surface area (Å²) in [5, 5.41) is 4.44. The van der Waals surface area contributed by atoms with Gasteiger partial charge in [-0.05, 0) is 116 Å². The Labute approximate surface area is 328 Å². The van der Waals surface area contributed by atoms with Gasteiger partial charge in [0.05, 0.1) is 22.4 Å². The van der Waals surface area contributed by atoms with Gasteiger partial charge in [-0.2, -0.15) is 0 Å². The first-order chi connectivity index (χ1) is 26.9. The van der Waals surface area contributed by atoms with Crippen molar-refractivity contribution in [2.24, 2.45) is 0 Å². The van der Waals surface area contributed by atoms with Crippen molar-refractivity contribution in [2.45, 2.75) is 52.4 Å². The third-order valence-corrected chi connectivity index (χ3v) is 11.2. The summed E-state index contributed by atoms with van der Waals surface area (Å²) in [6, 6.07) is 55.2. The molecule has 0 N–H and O–H groups in total. The molecular formula is C53H45FN2. The van der Waals surface area contributed by atoms with Crippen molar-refractivity contribution in [2.75, 3.05) is 0 Å². The lowest BCUT2D eigenvalue weighted by Gasteiger charge is -2.20. The van der Waals surface area contributed by atoms with E-state index in [0.29, 0.717) is 0 Å². The van der Waals surface area contributed by atoms with Crippen LogP contribution in [0.25, 0.3) is 82.9 Å². The SMILES string of the molecule is CC(C)(C)c1ccc(-c2cc(-c3ccc(C(C)(C)C)cc3)cc(-c3cc(F)cc(-c4nccc5c(-n6c7ccccc7c7ccccc76)cccc45)c3)c2)cc1. The molecule has 0 unspecified atom stereocenters. The van der Waals surface area contributed by atoms with Crippen LogP contribution in [0.4, 0.5) is 4.39 Å². The minimum absolute atomic E-state index is 0.0537. The molecule has 274 valence electrons. The predicted octanol–water partition coefficient (Wildman–Crippen LogP) is 14.7. The number of fused-ring (bicyclic) bond motifs is 4. The van der Waals surface area contributed by atoms with Gasteiger partial charge >= 0.3 is 0 Å². The monoisotopic (exact) mass is 728 g/mol. The number of benzene rings is 7. The largest absolute Gasteiger partial charge is 0.309 e. The van der Waals surface area contributed by atoms with Gasteiger partial charge in [0.2, 0.25) is 0 Å². The lowest BCUT2D eigenvalue weighted by atomic mass is 9.85. The zero-order valence-electron chi connectivity index (χ0n) is 32.9. The van der Waals surface area contributed by atoms with Crippen LogP contribution in [0.5, 0.6) is 0 Å². The van der Waals surface area contributed by atoms with Crippen LogP contribution in [0, 0.1) is 5.82 Å². The fraction of sp³-hybridized carbons (Fsp3) is 0.151. The molecule has 0 fully saturated rings. The Morgan fingerprint density at radius 1 is 0.411 bits per heavy atom. The molecule has 2 nitrogen and oxygen atoms in total. The predicted molar refractivity (Wildman–Crippen MR) is 235 cm³/mol. The van der Waals surface area contributed by atoms with Gasteiger partial charge in [0.1, 0.15) is 5.82 Å². The maximum atomic E-state index is 16.0. The summed E-state index contributed by atoms with van der Waals surface area (Å²) in [5.41, 5.74) is 13.7. The topological polar surface area (TPSA) is 17.8 Å². The molecule has 0 aliphatic carbocycles. The van der Waals surface area contributed by atoms with Gasteiger partial charge < -0.3 is 4.57 Å². The number of rotatable bonds is 5. The van der Waals surface area contributed by atoms with Crippen LogP contribution in [0.3, 0.4) is 0 Å². The lowest BCUT2D eigenvalue weighted by molar-refractivity contribution is 0.590. The normalized spacial score (nSPS) is 12.2. The molecule has 0 aliphatic heterocycles. The van der Waals surface area contributed by atoms with Gasteiger partial charge in [0.25, 0.3) is 0 Å². The summed E-state index contributed by atoms with van der Waals surface area (Å²) < 4.78 is 18.3. The van der Waals surface area contributed by atoms with E-state index >= 15 is 4.39 Å². The minimum Gasteiger partial charge on any atom is -0.309 e. The quantitative estimate of drug-likeness (QED) is 0.173. The van der Waals surface area contributed by atoms with Crippen LogP contribution in [0.2, 0.25) is 0 Å². The highest BCUT2D eigenvalue weighted by Crippen LogP contribution is 2.39. The van der Waals surface area contributed by atoms with E-state index in [4.69, 9.17) is 4.98 Å². The molecule has 2 heterocycles. The Morgan fingerprint density at radius 2 is 0.857 bits per heavy atom. The molecule has 56 heavy (non-hydrogen) atoms. The van der Waals surface area contributed by atoms with Crippen molar-refractivity contribution >= 4 is 32.6 Å². The van der Waals surface area contributed by atoms with Crippen molar-refractivity contribution in [3.8, 4) is 50.3 Å². The first-order valence-corrected chi connectivity index (χ1v) is 19.5. The van der Waals surface area contributed by atoms with Gasteiger partial charge in [-0.15, -0.1) is 0 Å². The smallest absolute Gasteiger partial charge is 0.124 e. The van der Waals surface area contributed by atoms with E-state index in [2.05, 4.69) is 192 Å². The number of hydrogen-bond donors (Lipinski definition) is 0. The van der Waals surface area contributed by atoms with Crippen molar-refractivity contribution in [3.63, 3.8) is 0 Å². The van der Waals surface area contributed by atoms with E-state index in [1.807, 2.05) is 6.20 Å². The highest BCUT2D eigenvalue weighted by molar-refractivity contribution is 6.11.